The smallest absolute Gasteiger partial charge is 0.237 e. The van der Waals surface area contributed by atoms with Crippen LogP contribution in [-0.2, 0) is 11.2 Å². The molecule has 1 unspecified atom stereocenters. The minimum absolute atomic E-state index is 0.0744. The van der Waals surface area contributed by atoms with Gasteiger partial charge < -0.3 is 11.2 Å². The molecule has 0 saturated heterocycles. The van der Waals surface area contributed by atoms with E-state index in [9.17, 15) is 4.79 Å². The van der Waals surface area contributed by atoms with E-state index in [1.54, 1.807) is 6.92 Å². The first kappa shape index (κ1) is 16.4. The third kappa shape index (κ3) is 3.41. The second kappa shape index (κ2) is 6.83. The summed E-state index contributed by atoms with van der Waals surface area (Å²) in [6.45, 7) is 7.66. The average molecular weight is 319 g/mol. The fourth-order valence-corrected chi connectivity index (χ4v) is 2.88. The van der Waals surface area contributed by atoms with Gasteiger partial charge in [-0.05, 0) is 38.3 Å². The highest BCUT2D eigenvalue weighted by Gasteiger charge is 2.19. The quantitative estimate of drug-likeness (QED) is 0.652. The number of benzene rings is 1. The maximum Gasteiger partial charge on any atom is 0.237 e. The molecule has 0 saturated carbocycles. The number of nitrogen functional groups attached to an aromatic ring is 1. The van der Waals surface area contributed by atoms with Crippen LogP contribution < -0.4 is 11.2 Å². The van der Waals surface area contributed by atoms with Gasteiger partial charge in [0, 0.05) is 5.69 Å². The van der Waals surface area contributed by atoms with Crippen molar-refractivity contribution in [3.05, 3.63) is 35.2 Å². The Kier molecular flexibility index (Phi) is 5.07. The number of rotatable bonds is 5. The molecule has 0 aliphatic carbocycles. The molecular weight excluding hydrogens is 298 g/mol. The van der Waals surface area contributed by atoms with Gasteiger partial charge in [-0.3, -0.25) is 4.79 Å². The molecule has 0 bridgehead atoms. The number of aryl methyl sites for hydroxylation is 3. The number of aromatic nitrogens is 3. The molecule has 1 aromatic carbocycles. The molecule has 118 valence electrons. The Hall–Kier alpha value is -2.02. The summed E-state index contributed by atoms with van der Waals surface area (Å²) in [4.78, 5) is 12.4. The fourth-order valence-electron chi connectivity index (χ4n) is 2.07. The van der Waals surface area contributed by atoms with Crippen LogP contribution in [0.25, 0.3) is 0 Å². The molecule has 0 aliphatic rings. The number of amides is 1. The van der Waals surface area contributed by atoms with E-state index in [1.165, 1.54) is 16.4 Å². The van der Waals surface area contributed by atoms with Crippen molar-refractivity contribution in [2.24, 2.45) is 0 Å². The van der Waals surface area contributed by atoms with Crippen LogP contribution in [0.5, 0.6) is 0 Å². The molecule has 1 amide bonds. The third-order valence-corrected chi connectivity index (χ3v) is 4.53. The molecule has 0 aliphatic heterocycles. The molecule has 0 spiro atoms. The Morgan fingerprint density at radius 3 is 2.73 bits per heavy atom. The highest BCUT2D eigenvalue weighted by atomic mass is 32.2. The number of nitrogens with one attached hydrogen (secondary N) is 1. The van der Waals surface area contributed by atoms with Crippen molar-refractivity contribution >= 4 is 23.4 Å². The van der Waals surface area contributed by atoms with Gasteiger partial charge in [0.1, 0.15) is 5.82 Å². The molecule has 22 heavy (non-hydrogen) atoms. The summed E-state index contributed by atoms with van der Waals surface area (Å²) in [7, 11) is 0. The molecule has 6 nitrogen and oxygen atoms in total. The lowest BCUT2D eigenvalue weighted by Gasteiger charge is -2.16. The van der Waals surface area contributed by atoms with E-state index in [4.69, 9.17) is 5.84 Å². The highest BCUT2D eigenvalue weighted by molar-refractivity contribution is 8.00. The van der Waals surface area contributed by atoms with Crippen LogP contribution in [0.1, 0.15) is 30.8 Å². The number of thioether (sulfide) groups is 1. The Bertz CT molecular complexity index is 683. The summed E-state index contributed by atoms with van der Waals surface area (Å²) in [6.07, 6.45) is 0.870. The Balaban J connectivity index is 2.11. The van der Waals surface area contributed by atoms with Gasteiger partial charge in [0.2, 0.25) is 11.1 Å². The molecular formula is C15H21N5OS. The predicted molar refractivity (Wildman–Crippen MR) is 89.4 cm³/mol. The number of para-hydroxylation sites is 1. The number of hydrogen-bond acceptors (Lipinski definition) is 5. The number of carbonyl (C=O) groups excluding carboxylic acids is 1. The van der Waals surface area contributed by atoms with Gasteiger partial charge in [-0.2, -0.15) is 0 Å². The first-order valence-electron chi connectivity index (χ1n) is 7.17. The zero-order valence-electron chi connectivity index (χ0n) is 13.3. The van der Waals surface area contributed by atoms with E-state index < -0.39 is 0 Å². The summed E-state index contributed by atoms with van der Waals surface area (Å²) in [6, 6.07) is 6.02. The first-order chi connectivity index (χ1) is 10.4. The van der Waals surface area contributed by atoms with Gasteiger partial charge in [0.15, 0.2) is 0 Å². The SMILES string of the molecule is CCc1cccc(C)c1NC(=O)C(C)Sc1nnc(C)n1N. The average Bonchev–Trinajstić information content (AvgIpc) is 2.81. The molecule has 7 heteroatoms. The Morgan fingerprint density at radius 2 is 2.14 bits per heavy atom. The largest absolute Gasteiger partial charge is 0.336 e. The number of nitrogens with two attached hydrogens (primary N) is 1. The van der Waals surface area contributed by atoms with Crippen molar-refractivity contribution in [3.63, 3.8) is 0 Å². The second-order valence-electron chi connectivity index (χ2n) is 5.11. The minimum atomic E-state index is -0.324. The van der Waals surface area contributed by atoms with Crippen LogP contribution in [0.4, 0.5) is 5.69 Å². The minimum Gasteiger partial charge on any atom is -0.336 e. The van der Waals surface area contributed by atoms with E-state index in [1.807, 2.05) is 32.0 Å². The van der Waals surface area contributed by atoms with Crippen LogP contribution in [0.3, 0.4) is 0 Å². The van der Waals surface area contributed by atoms with Crippen LogP contribution >= 0.6 is 11.8 Å². The number of anilines is 1. The normalized spacial score (nSPS) is 12.2. The Labute approximate surface area is 134 Å². The standard InChI is InChI=1S/C15H21N5OS/c1-5-12-8-6-7-9(2)13(12)17-14(21)10(3)22-15-19-18-11(4)20(15)16/h6-8,10H,5,16H2,1-4H3,(H,17,21). The van der Waals surface area contributed by atoms with Crippen LogP contribution in [0, 0.1) is 13.8 Å². The highest BCUT2D eigenvalue weighted by Crippen LogP contribution is 2.25. The van der Waals surface area contributed by atoms with Crippen molar-refractivity contribution in [2.75, 3.05) is 11.2 Å². The van der Waals surface area contributed by atoms with Crippen LogP contribution in [0.15, 0.2) is 23.4 Å². The van der Waals surface area contributed by atoms with Gasteiger partial charge in [-0.15, -0.1) is 10.2 Å². The van der Waals surface area contributed by atoms with Crippen molar-refractivity contribution in [2.45, 2.75) is 44.5 Å². The summed E-state index contributed by atoms with van der Waals surface area (Å²) in [5.41, 5.74) is 3.08. The summed E-state index contributed by atoms with van der Waals surface area (Å²) < 4.78 is 1.39. The predicted octanol–water partition coefficient (Wildman–Crippen LogP) is 2.29. The van der Waals surface area contributed by atoms with Crippen molar-refractivity contribution in [3.8, 4) is 0 Å². The summed E-state index contributed by atoms with van der Waals surface area (Å²) >= 11 is 1.29. The molecule has 1 heterocycles. The zero-order chi connectivity index (χ0) is 16.3. The van der Waals surface area contributed by atoms with E-state index in [0.717, 1.165) is 23.2 Å². The maximum absolute atomic E-state index is 12.4. The molecule has 2 rings (SSSR count). The number of nitrogens with zero attached hydrogens (tertiary/aromatic N) is 3. The molecule has 1 atom stereocenters. The van der Waals surface area contributed by atoms with Gasteiger partial charge >= 0.3 is 0 Å². The number of hydrogen-bond donors (Lipinski definition) is 2. The van der Waals surface area contributed by atoms with Crippen molar-refractivity contribution < 1.29 is 4.79 Å². The molecule has 2 aromatic rings. The lowest BCUT2D eigenvalue weighted by atomic mass is 10.1. The van der Waals surface area contributed by atoms with E-state index >= 15 is 0 Å². The van der Waals surface area contributed by atoms with Gasteiger partial charge in [0.25, 0.3) is 0 Å². The molecule has 0 radical (unpaired) electrons. The zero-order valence-corrected chi connectivity index (χ0v) is 14.1. The van der Waals surface area contributed by atoms with Crippen LogP contribution in [-0.4, -0.2) is 26.0 Å². The lowest BCUT2D eigenvalue weighted by Crippen LogP contribution is -2.24. The Morgan fingerprint density at radius 1 is 1.41 bits per heavy atom. The first-order valence-corrected chi connectivity index (χ1v) is 8.05. The van der Waals surface area contributed by atoms with Gasteiger partial charge in [-0.1, -0.05) is 36.9 Å². The van der Waals surface area contributed by atoms with Crippen molar-refractivity contribution in [1.29, 1.82) is 0 Å². The van der Waals surface area contributed by atoms with Crippen LogP contribution in [0.2, 0.25) is 0 Å². The topological polar surface area (TPSA) is 85.8 Å². The van der Waals surface area contributed by atoms with Crippen molar-refractivity contribution in [1.82, 2.24) is 14.9 Å². The van der Waals surface area contributed by atoms with E-state index in [0.29, 0.717) is 11.0 Å². The van der Waals surface area contributed by atoms with Gasteiger partial charge in [-0.25, -0.2) is 4.68 Å². The monoisotopic (exact) mass is 319 g/mol. The molecule has 3 N–H and O–H groups in total. The van der Waals surface area contributed by atoms with Gasteiger partial charge in [0.05, 0.1) is 5.25 Å². The lowest BCUT2D eigenvalue weighted by molar-refractivity contribution is -0.115. The summed E-state index contributed by atoms with van der Waals surface area (Å²) in [5.74, 6) is 6.35. The summed E-state index contributed by atoms with van der Waals surface area (Å²) in [5, 5.41) is 11.1. The number of carbonyl (C=O) groups is 1. The molecule has 1 aromatic heterocycles. The second-order valence-corrected chi connectivity index (χ2v) is 6.42. The third-order valence-electron chi connectivity index (χ3n) is 3.47. The maximum atomic E-state index is 12.4. The van der Waals surface area contributed by atoms with E-state index in [-0.39, 0.29) is 11.2 Å². The fraction of sp³-hybridized carbons (Fsp3) is 0.400. The molecule has 0 fully saturated rings. The van der Waals surface area contributed by atoms with E-state index in [2.05, 4.69) is 22.4 Å².